The lowest BCUT2D eigenvalue weighted by Gasteiger charge is -2.32. The summed E-state index contributed by atoms with van der Waals surface area (Å²) in [7, 11) is -1.42. The molecule has 0 saturated carbocycles. The maximum atomic E-state index is 14.1. The summed E-state index contributed by atoms with van der Waals surface area (Å²) >= 11 is 6.40. The number of hydrogen-bond donors (Lipinski definition) is 1. The van der Waals surface area contributed by atoms with Crippen LogP contribution in [0.15, 0.2) is 71.6 Å². The van der Waals surface area contributed by atoms with Crippen molar-refractivity contribution in [1.82, 2.24) is 10.2 Å². The van der Waals surface area contributed by atoms with E-state index in [4.69, 9.17) is 21.1 Å². The van der Waals surface area contributed by atoms with Crippen molar-refractivity contribution in [1.29, 1.82) is 0 Å². The number of hydrogen-bond acceptors (Lipinski definition) is 6. The summed E-state index contributed by atoms with van der Waals surface area (Å²) < 4.78 is 39.7. The summed E-state index contributed by atoms with van der Waals surface area (Å²) in [6.45, 7) is 6.56. The molecule has 0 aliphatic carbocycles. The molecule has 2 amide bonds. The number of amides is 2. The lowest BCUT2D eigenvalue weighted by Crippen LogP contribution is -2.52. The lowest BCUT2D eigenvalue weighted by atomic mass is 10.1. The van der Waals surface area contributed by atoms with Crippen molar-refractivity contribution >= 4 is 39.1 Å². The Bertz CT molecular complexity index is 1480. The number of aryl methyl sites for hydroxylation is 1. The molecule has 0 radical (unpaired) electrons. The predicted octanol–water partition coefficient (Wildman–Crippen LogP) is 4.80. The lowest BCUT2D eigenvalue weighted by molar-refractivity contribution is -0.139. The van der Waals surface area contributed by atoms with Crippen LogP contribution in [0, 0.1) is 6.92 Å². The number of carbonyl (C=O) groups is 2. The molecule has 3 aromatic carbocycles. The molecule has 3 rings (SSSR count). The third kappa shape index (κ3) is 7.71. The van der Waals surface area contributed by atoms with Gasteiger partial charge >= 0.3 is 0 Å². The van der Waals surface area contributed by atoms with Gasteiger partial charge in [-0.2, -0.15) is 0 Å². The fourth-order valence-electron chi connectivity index (χ4n) is 4.14. The number of ether oxygens (including phenoxy) is 2. The molecule has 0 saturated heterocycles. The van der Waals surface area contributed by atoms with Crippen LogP contribution in [0.1, 0.15) is 31.9 Å². The molecular formula is C30H36ClN3O6S. The van der Waals surface area contributed by atoms with Crippen LogP contribution in [-0.4, -0.2) is 58.0 Å². The highest BCUT2D eigenvalue weighted by Gasteiger charge is 2.33. The van der Waals surface area contributed by atoms with Crippen LogP contribution in [0.3, 0.4) is 0 Å². The maximum Gasteiger partial charge on any atom is 0.264 e. The van der Waals surface area contributed by atoms with E-state index in [1.54, 1.807) is 55.5 Å². The zero-order chi connectivity index (χ0) is 30.3. The van der Waals surface area contributed by atoms with Gasteiger partial charge in [-0.25, -0.2) is 8.42 Å². The Labute approximate surface area is 247 Å². The molecule has 1 N–H and O–H groups in total. The number of anilines is 1. The van der Waals surface area contributed by atoms with Crippen LogP contribution in [0.5, 0.6) is 11.5 Å². The molecule has 0 bridgehead atoms. The van der Waals surface area contributed by atoms with Crippen molar-refractivity contribution in [3.8, 4) is 11.5 Å². The molecule has 220 valence electrons. The molecule has 0 fully saturated rings. The van der Waals surface area contributed by atoms with Gasteiger partial charge in [-0.1, -0.05) is 47.5 Å². The summed E-state index contributed by atoms with van der Waals surface area (Å²) in [5, 5.41) is 3.25. The van der Waals surface area contributed by atoms with Gasteiger partial charge in [0.1, 0.15) is 12.6 Å². The monoisotopic (exact) mass is 601 g/mol. The molecule has 0 spiro atoms. The second-order valence-corrected chi connectivity index (χ2v) is 12.1. The molecule has 0 aliphatic heterocycles. The summed E-state index contributed by atoms with van der Waals surface area (Å²) in [5.41, 5.74) is 1.83. The second-order valence-electron chi connectivity index (χ2n) is 9.82. The van der Waals surface area contributed by atoms with Gasteiger partial charge in [0.25, 0.3) is 10.0 Å². The highest BCUT2D eigenvalue weighted by Crippen LogP contribution is 2.32. The van der Waals surface area contributed by atoms with E-state index in [9.17, 15) is 18.0 Å². The van der Waals surface area contributed by atoms with Gasteiger partial charge in [0.15, 0.2) is 11.5 Å². The predicted molar refractivity (Wildman–Crippen MR) is 160 cm³/mol. The molecule has 41 heavy (non-hydrogen) atoms. The van der Waals surface area contributed by atoms with Gasteiger partial charge in [-0.05, 0) is 63.6 Å². The van der Waals surface area contributed by atoms with Crippen molar-refractivity contribution in [3.63, 3.8) is 0 Å². The van der Waals surface area contributed by atoms with Crippen molar-refractivity contribution < 1.29 is 27.5 Å². The molecule has 1 atom stereocenters. The van der Waals surface area contributed by atoms with Crippen LogP contribution in [-0.2, 0) is 26.2 Å². The van der Waals surface area contributed by atoms with Crippen LogP contribution < -0.4 is 19.1 Å². The quantitative estimate of drug-likeness (QED) is 0.320. The number of nitrogens with one attached hydrogen (secondary N) is 1. The van der Waals surface area contributed by atoms with E-state index in [1.807, 2.05) is 20.8 Å². The maximum absolute atomic E-state index is 14.1. The van der Waals surface area contributed by atoms with Gasteiger partial charge in [0.2, 0.25) is 11.8 Å². The first-order valence-corrected chi connectivity index (χ1v) is 14.9. The van der Waals surface area contributed by atoms with Crippen LogP contribution in [0.4, 0.5) is 5.69 Å². The Morgan fingerprint density at radius 2 is 1.56 bits per heavy atom. The van der Waals surface area contributed by atoms with Gasteiger partial charge in [-0.15, -0.1) is 0 Å². The molecule has 0 heterocycles. The van der Waals surface area contributed by atoms with Crippen LogP contribution in [0.25, 0.3) is 0 Å². The Balaban J connectivity index is 2.08. The Morgan fingerprint density at radius 3 is 2.15 bits per heavy atom. The summed E-state index contributed by atoms with van der Waals surface area (Å²) in [4.78, 5) is 28.3. The number of sulfonamides is 1. The number of methoxy groups -OCH3 is 2. The van der Waals surface area contributed by atoms with Crippen molar-refractivity contribution in [2.75, 3.05) is 25.1 Å². The van der Waals surface area contributed by atoms with Crippen molar-refractivity contribution in [2.45, 2.75) is 51.2 Å². The second kappa shape index (κ2) is 13.7. The van der Waals surface area contributed by atoms with E-state index in [2.05, 4.69) is 5.32 Å². The third-order valence-corrected chi connectivity index (χ3v) is 8.58. The normalized spacial score (nSPS) is 12.0. The first-order valence-electron chi connectivity index (χ1n) is 13.0. The van der Waals surface area contributed by atoms with E-state index in [1.165, 1.54) is 37.3 Å². The first kappa shape index (κ1) is 31.8. The van der Waals surface area contributed by atoms with Crippen LogP contribution in [0.2, 0.25) is 5.02 Å². The molecule has 9 nitrogen and oxygen atoms in total. The van der Waals surface area contributed by atoms with Crippen LogP contribution >= 0.6 is 11.6 Å². The summed E-state index contributed by atoms with van der Waals surface area (Å²) in [6.07, 6.45) is 0. The average molecular weight is 602 g/mol. The molecule has 3 aromatic rings. The van der Waals surface area contributed by atoms with E-state index >= 15 is 0 Å². The van der Waals surface area contributed by atoms with Gasteiger partial charge in [-0.3, -0.25) is 13.9 Å². The number of benzene rings is 3. The van der Waals surface area contributed by atoms with E-state index in [-0.39, 0.29) is 34.8 Å². The third-order valence-electron chi connectivity index (χ3n) is 6.44. The molecular weight excluding hydrogens is 566 g/mol. The SMILES string of the molecule is COc1ccc(S(=O)(=O)N(CC(=O)N(Cc2ccccc2Cl)[C@H](C)C(=O)NC(C)C)c2ccc(C)cc2)cc1OC. The van der Waals surface area contributed by atoms with E-state index < -0.39 is 28.5 Å². The summed E-state index contributed by atoms with van der Waals surface area (Å²) in [6, 6.07) is 16.9. The molecule has 0 aliphatic rings. The minimum absolute atomic E-state index is 0.00331. The fourth-order valence-corrected chi connectivity index (χ4v) is 5.77. The largest absolute Gasteiger partial charge is 0.493 e. The highest BCUT2D eigenvalue weighted by molar-refractivity contribution is 7.92. The van der Waals surface area contributed by atoms with Gasteiger partial charge < -0.3 is 19.7 Å². The van der Waals surface area contributed by atoms with Crippen molar-refractivity contribution in [2.24, 2.45) is 0 Å². The van der Waals surface area contributed by atoms with E-state index in [0.717, 1.165) is 9.87 Å². The first-order chi connectivity index (χ1) is 19.4. The minimum atomic E-state index is -4.28. The topological polar surface area (TPSA) is 105 Å². The van der Waals surface area contributed by atoms with Crippen molar-refractivity contribution in [3.05, 3.63) is 82.9 Å². The smallest absolute Gasteiger partial charge is 0.264 e. The minimum Gasteiger partial charge on any atom is -0.493 e. The number of carbonyl (C=O) groups excluding carboxylic acids is 2. The fraction of sp³-hybridized carbons (Fsp3) is 0.333. The standard InChI is InChI=1S/C30H36ClN3O6S/c1-20(2)32-30(36)22(4)33(18-23-9-7-8-10-26(23)31)29(35)19-34(24-13-11-21(3)12-14-24)41(37,38)25-15-16-27(39-5)28(17-25)40-6/h7-17,20,22H,18-19H2,1-6H3,(H,32,36)/t22-/m1/s1. The van der Waals surface area contributed by atoms with Gasteiger partial charge in [0, 0.05) is 23.7 Å². The van der Waals surface area contributed by atoms with Gasteiger partial charge in [0.05, 0.1) is 24.8 Å². The Morgan fingerprint density at radius 1 is 0.927 bits per heavy atom. The average Bonchev–Trinajstić information content (AvgIpc) is 2.94. The van der Waals surface area contributed by atoms with E-state index in [0.29, 0.717) is 16.3 Å². The number of rotatable bonds is 12. The molecule has 0 aromatic heterocycles. The molecule has 0 unspecified atom stereocenters. The Hall–Kier alpha value is -3.76. The molecule has 11 heteroatoms. The number of halogens is 1. The zero-order valence-electron chi connectivity index (χ0n) is 24.0. The zero-order valence-corrected chi connectivity index (χ0v) is 25.6. The highest BCUT2D eigenvalue weighted by atomic mass is 35.5. The summed E-state index contributed by atoms with van der Waals surface area (Å²) in [5.74, 6) is -0.366. The number of nitrogens with zero attached hydrogens (tertiary/aromatic N) is 2. The Kier molecular flexibility index (Phi) is 10.6.